The Morgan fingerprint density at radius 3 is 2.77 bits per heavy atom. The Bertz CT molecular complexity index is 1100. The van der Waals surface area contributed by atoms with Gasteiger partial charge in [0.25, 0.3) is 0 Å². The molecule has 1 atom stereocenters. The summed E-state index contributed by atoms with van der Waals surface area (Å²) in [6.07, 6.45) is 1.71. The van der Waals surface area contributed by atoms with Crippen molar-refractivity contribution in [1.29, 1.82) is 0 Å². The van der Waals surface area contributed by atoms with Crippen molar-refractivity contribution in [3.05, 3.63) is 59.9 Å². The predicted octanol–water partition coefficient (Wildman–Crippen LogP) is 4.80. The summed E-state index contributed by atoms with van der Waals surface area (Å²) in [6.45, 7) is 3.15. The molecule has 5 nitrogen and oxygen atoms in total. The van der Waals surface area contributed by atoms with Crippen LogP contribution in [0.2, 0.25) is 0 Å². The Morgan fingerprint density at radius 2 is 1.97 bits per heavy atom. The van der Waals surface area contributed by atoms with Crippen molar-refractivity contribution in [2.24, 2.45) is 5.92 Å². The number of halogens is 1. The van der Waals surface area contributed by atoms with Crippen LogP contribution in [0.4, 0.5) is 4.39 Å². The number of nitrogens with one attached hydrogen (secondary N) is 1. The lowest BCUT2D eigenvalue weighted by Crippen LogP contribution is -2.43. The fourth-order valence-corrected chi connectivity index (χ4v) is 4.99. The average Bonchev–Trinajstić information content (AvgIpc) is 3.12. The molecule has 7 heteroatoms. The zero-order chi connectivity index (χ0) is 21.8. The first kappa shape index (κ1) is 21.4. The largest absolute Gasteiger partial charge is 0.466 e. The van der Waals surface area contributed by atoms with E-state index in [2.05, 4.69) is 4.98 Å². The second-order valence-corrected chi connectivity index (χ2v) is 8.67. The maximum atomic E-state index is 14.2. The number of carbonyl (C=O) groups excluding carboxylic acids is 2. The normalized spacial score (nSPS) is 16.5. The van der Waals surface area contributed by atoms with Gasteiger partial charge in [0.2, 0.25) is 5.91 Å². The molecule has 0 aliphatic carbocycles. The Labute approximate surface area is 185 Å². The van der Waals surface area contributed by atoms with Gasteiger partial charge in [0.1, 0.15) is 5.82 Å². The number of para-hydroxylation sites is 1. The van der Waals surface area contributed by atoms with Crippen LogP contribution in [0.1, 0.15) is 25.3 Å². The van der Waals surface area contributed by atoms with Crippen molar-refractivity contribution in [3.63, 3.8) is 0 Å². The van der Waals surface area contributed by atoms with Gasteiger partial charge < -0.3 is 14.6 Å². The molecule has 4 rings (SSSR count). The maximum Gasteiger partial charge on any atom is 0.310 e. The summed E-state index contributed by atoms with van der Waals surface area (Å²) in [5.74, 6) is -0.832. The summed E-state index contributed by atoms with van der Waals surface area (Å²) < 4.78 is 19.4. The number of benzene rings is 2. The highest BCUT2D eigenvalue weighted by molar-refractivity contribution is 7.99. The predicted molar refractivity (Wildman–Crippen MR) is 118 cm³/mol. The molecule has 1 aliphatic rings. The van der Waals surface area contributed by atoms with E-state index in [4.69, 9.17) is 4.74 Å². The first-order chi connectivity index (χ1) is 15.1. The molecule has 0 unspecified atom stereocenters. The molecule has 1 saturated heterocycles. The van der Waals surface area contributed by atoms with Crippen LogP contribution in [0.15, 0.2) is 58.5 Å². The Kier molecular flexibility index (Phi) is 6.61. The van der Waals surface area contributed by atoms with E-state index >= 15 is 0 Å². The molecule has 1 aliphatic heterocycles. The molecule has 2 heterocycles. The van der Waals surface area contributed by atoms with Gasteiger partial charge in [0.15, 0.2) is 0 Å². The zero-order valence-electron chi connectivity index (χ0n) is 17.4. The number of hydrogen-bond acceptors (Lipinski definition) is 4. The van der Waals surface area contributed by atoms with Gasteiger partial charge in [-0.3, -0.25) is 9.59 Å². The molecule has 2 aromatic carbocycles. The number of carbonyl (C=O) groups is 2. The first-order valence-electron chi connectivity index (χ1n) is 10.5. The highest BCUT2D eigenvalue weighted by Gasteiger charge is 2.30. The van der Waals surface area contributed by atoms with Gasteiger partial charge in [-0.05, 0) is 38.0 Å². The van der Waals surface area contributed by atoms with E-state index in [9.17, 15) is 14.0 Å². The minimum atomic E-state index is -0.295. The summed E-state index contributed by atoms with van der Waals surface area (Å²) >= 11 is 1.29. The average molecular weight is 441 g/mol. The van der Waals surface area contributed by atoms with E-state index in [1.165, 1.54) is 17.8 Å². The van der Waals surface area contributed by atoms with Gasteiger partial charge >= 0.3 is 5.97 Å². The number of hydrogen-bond donors (Lipinski definition) is 1. The molecule has 1 fully saturated rings. The number of nitrogens with zero attached hydrogens (tertiary/aromatic N) is 1. The van der Waals surface area contributed by atoms with E-state index in [1.54, 1.807) is 30.0 Å². The molecule has 3 aromatic rings. The number of aromatic nitrogens is 1. The summed E-state index contributed by atoms with van der Waals surface area (Å²) in [5.41, 5.74) is 1.76. The monoisotopic (exact) mass is 440 g/mol. The van der Waals surface area contributed by atoms with Crippen LogP contribution < -0.4 is 0 Å². The third-order valence-electron chi connectivity index (χ3n) is 5.55. The Hall–Kier alpha value is -2.80. The van der Waals surface area contributed by atoms with Crippen molar-refractivity contribution in [3.8, 4) is 0 Å². The lowest BCUT2D eigenvalue weighted by molar-refractivity contribution is -0.151. The van der Waals surface area contributed by atoms with Crippen LogP contribution in [-0.4, -0.2) is 41.5 Å². The van der Waals surface area contributed by atoms with Gasteiger partial charge in [-0.2, -0.15) is 0 Å². The van der Waals surface area contributed by atoms with Gasteiger partial charge in [-0.1, -0.05) is 42.1 Å². The van der Waals surface area contributed by atoms with E-state index in [0.717, 1.165) is 34.3 Å². The topological polar surface area (TPSA) is 62.4 Å². The minimum absolute atomic E-state index is 0.0332. The highest BCUT2D eigenvalue weighted by Crippen LogP contribution is 2.36. The molecular formula is C24H25FN2O3S. The Balaban J connectivity index is 1.58. The SMILES string of the molecule is CCOC(=O)[C@H]1CCCN(C(=O)Cc2c(Sc3ccccc3F)[nH]c3ccccc23)C1. The van der Waals surface area contributed by atoms with E-state index < -0.39 is 0 Å². The second-order valence-electron chi connectivity index (χ2n) is 7.62. The van der Waals surface area contributed by atoms with Crippen molar-refractivity contribution in [2.75, 3.05) is 19.7 Å². The molecule has 1 N–H and O–H groups in total. The fourth-order valence-electron chi connectivity index (χ4n) is 3.99. The smallest absolute Gasteiger partial charge is 0.310 e. The van der Waals surface area contributed by atoms with Gasteiger partial charge in [0, 0.05) is 34.5 Å². The third kappa shape index (κ3) is 4.77. The highest BCUT2D eigenvalue weighted by atomic mass is 32.2. The number of ether oxygens (including phenoxy) is 1. The summed E-state index contributed by atoms with van der Waals surface area (Å²) in [6, 6.07) is 14.4. The number of piperidine rings is 1. The number of amides is 1. The van der Waals surface area contributed by atoms with Gasteiger partial charge in [-0.15, -0.1) is 0 Å². The van der Waals surface area contributed by atoms with Crippen molar-refractivity contribution in [1.82, 2.24) is 9.88 Å². The number of rotatable bonds is 6. The molecule has 0 saturated carbocycles. The quantitative estimate of drug-likeness (QED) is 0.559. The molecular weight excluding hydrogens is 415 g/mol. The molecule has 31 heavy (non-hydrogen) atoms. The van der Waals surface area contributed by atoms with Crippen molar-refractivity contribution in [2.45, 2.75) is 36.1 Å². The van der Waals surface area contributed by atoms with Gasteiger partial charge in [-0.25, -0.2) is 4.39 Å². The van der Waals surface area contributed by atoms with Crippen molar-refractivity contribution >= 4 is 34.5 Å². The van der Waals surface area contributed by atoms with E-state index in [-0.39, 0.29) is 30.0 Å². The number of aromatic amines is 1. The number of fused-ring (bicyclic) bond motifs is 1. The lowest BCUT2D eigenvalue weighted by atomic mass is 9.97. The number of esters is 1. The molecule has 162 valence electrons. The van der Waals surface area contributed by atoms with Crippen LogP contribution in [-0.2, 0) is 20.7 Å². The standard InChI is InChI=1S/C24H25FN2O3S/c1-2-30-24(29)16-8-7-13-27(15-16)22(28)14-18-17-9-3-5-11-20(17)26-23(18)31-21-12-6-4-10-19(21)25/h3-6,9-12,16,26H,2,7-8,13-15H2,1H3/t16-/m0/s1. The number of H-pyrrole nitrogens is 1. The maximum absolute atomic E-state index is 14.2. The molecule has 0 spiro atoms. The zero-order valence-corrected chi connectivity index (χ0v) is 18.2. The van der Waals surface area contributed by atoms with Gasteiger partial charge in [0.05, 0.1) is 24.0 Å². The van der Waals surface area contributed by atoms with Crippen LogP contribution in [0.25, 0.3) is 10.9 Å². The summed E-state index contributed by atoms with van der Waals surface area (Å²) in [5, 5.41) is 1.72. The third-order valence-corrected chi connectivity index (χ3v) is 6.65. The summed E-state index contributed by atoms with van der Waals surface area (Å²) in [7, 11) is 0. The molecule has 1 amide bonds. The summed E-state index contributed by atoms with van der Waals surface area (Å²) in [4.78, 5) is 30.9. The first-order valence-corrected chi connectivity index (χ1v) is 11.3. The minimum Gasteiger partial charge on any atom is -0.466 e. The van der Waals surface area contributed by atoms with Crippen molar-refractivity contribution < 1.29 is 18.7 Å². The Morgan fingerprint density at radius 1 is 1.19 bits per heavy atom. The molecule has 1 aromatic heterocycles. The fraction of sp³-hybridized carbons (Fsp3) is 0.333. The number of likely N-dealkylation sites (tertiary alicyclic amines) is 1. The molecule has 0 radical (unpaired) electrons. The van der Waals surface area contributed by atoms with E-state index in [0.29, 0.717) is 24.6 Å². The van der Waals surface area contributed by atoms with E-state index in [1.807, 2.05) is 24.3 Å². The second kappa shape index (κ2) is 9.56. The van der Waals surface area contributed by atoms with Crippen LogP contribution in [0.5, 0.6) is 0 Å². The van der Waals surface area contributed by atoms with Crippen LogP contribution in [0.3, 0.4) is 0 Å². The van der Waals surface area contributed by atoms with Crippen LogP contribution in [0, 0.1) is 11.7 Å². The lowest BCUT2D eigenvalue weighted by Gasteiger charge is -2.31. The molecule has 0 bridgehead atoms. The van der Waals surface area contributed by atoms with Crippen LogP contribution >= 0.6 is 11.8 Å².